The lowest BCUT2D eigenvalue weighted by atomic mass is 9.53. The number of carbonyl (C=O) groups excluding carboxylic acids is 3. The van der Waals surface area contributed by atoms with Crippen molar-refractivity contribution in [1.29, 1.82) is 0 Å². The Morgan fingerprint density at radius 3 is 2.45 bits per heavy atom. The van der Waals surface area contributed by atoms with E-state index in [2.05, 4.69) is 10.6 Å². The fourth-order valence-electron chi connectivity index (χ4n) is 6.18. The molecule has 2 amide bonds. The molecule has 0 radical (unpaired) electrons. The smallest absolute Gasteiger partial charge is 0.307 e. The zero-order chi connectivity index (χ0) is 20.0. The highest BCUT2D eigenvalue weighted by Gasteiger charge is 2.51. The zero-order valence-electron chi connectivity index (χ0n) is 16.3. The summed E-state index contributed by atoms with van der Waals surface area (Å²) in [5.74, 6) is 1.30. The van der Waals surface area contributed by atoms with E-state index >= 15 is 0 Å². The molecule has 0 spiro atoms. The maximum Gasteiger partial charge on any atom is 0.307 e. The van der Waals surface area contributed by atoms with Gasteiger partial charge >= 0.3 is 5.97 Å². The number of rotatable bonds is 5. The van der Waals surface area contributed by atoms with E-state index in [0.717, 1.165) is 47.6 Å². The highest BCUT2D eigenvalue weighted by atomic mass is 32.2. The van der Waals surface area contributed by atoms with Gasteiger partial charge in [0, 0.05) is 10.4 Å². The molecule has 4 fully saturated rings. The van der Waals surface area contributed by atoms with Gasteiger partial charge in [-0.1, -0.05) is 12.1 Å². The topological polar surface area (TPSA) is 84.5 Å². The van der Waals surface area contributed by atoms with Crippen LogP contribution in [0.4, 0.5) is 5.69 Å². The van der Waals surface area contributed by atoms with Gasteiger partial charge in [0.1, 0.15) is 0 Å². The maximum absolute atomic E-state index is 12.5. The van der Waals surface area contributed by atoms with E-state index in [9.17, 15) is 14.4 Å². The number of anilines is 1. The van der Waals surface area contributed by atoms with Gasteiger partial charge in [0.25, 0.3) is 5.91 Å². The molecule has 29 heavy (non-hydrogen) atoms. The fourth-order valence-corrected chi connectivity index (χ4v) is 7.27. The fraction of sp³-hybridized carbons (Fsp3) is 0.591. The summed E-state index contributed by atoms with van der Waals surface area (Å²) in [6.45, 7) is -0.268. The highest BCUT2D eigenvalue weighted by molar-refractivity contribution is 8.01. The van der Waals surface area contributed by atoms with Crippen LogP contribution in [-0.4, -0.2) is 35.2 Å². The van der Waals surface area contributed by atoms with Crippen molar-refractivity contribution >= 4 is 35.2 Å². The van der Waals surface area contributed by atoms with Crippen molar-refractivity contribution in [2.45, 2.75) is 60.6 Å². The number of benzene rings is 1. The first-order valence-electron chi connectivity index (χ1n) is 10.5. The number of esters is 1. The van der Waals surface area contributed by atoms with Crippen molar-refractivity contribution in [2.75, 3.05) is 11.9 Å². The highest BCUT2D eigenvalue weighted by Crippen LogP contribution is 2.55. The summed E-state index contributed by atoms with van der Waals surface area (Å²) in [5, 5.41) is 5.49. The standard InChI is InChI=1S/C22H26N2O4S/c25-19(24-22-9-13-5-14(10-22)7-15(6-13)11-22)12-28-20(26)8-18-21(27)23-16-3-1-2-4-17(16)29-18/h1-4,13-15,18H,5-12H2,(H,23,27)(H,24,25)/t13?,14?,15?,18-,22?/m1/s1. The first-order chi connectivity index (χ1) is 14.0. The van der Waals surface area contributed by atoms with Gasteiger partial charge in [-0.05, 0) is 68.4 Å². The van der Waals surface area contributed by atoms with Gasteiger partial charge in [0.05, 0.1) is 17.4 Å². The lowest BCUT2D eigenvalue weighted by Crippen LogP contribution is -2.60. The third-order valence-corrected chi connectivity index (χ3v) is 8.14. The second-order valence-corrected chi connectivity index (χ2v) is 10.4. The van der Waals surface area contributed by atoms with Crippen LogP contribution >= 0.6 is 11.8 Å². The van der Waals surface area contributed by atoms with Crippen LogP contribution in [0.3, 0.4) is 0 Å². The second-order valence-electron chi connectivity index (χ2n) is 9.20. The van der Waals surface area contributed by atoms with Crippen LogP contribution < -0.4 is 10.6 Å². The van der Waals surface area contributed by atoms with Crippen molar-refractivity contribution < 1.29 is 19.1 Å². The number of hydrogen-bond acceptors (Lipinski definition) is 5. The van der Waals surface area contributed by atoms with E-state index in [1.807, 2.05) is 24.3 Å². The van der Waals surface area contributed by atoms with E-state index in [0.29, 0.717) is 0 Å². The lowest BCUT2D eigenvalue weighted by Gasteiger charge is -2.56. The predicted octanol–water partition coefficient (Wildman–Crippen LogP) is 3.12. The van der Waals surface area contributed by atoms with Crippen molar-refractivity contribution in [3.8, 4) is 0 Å². The minimum absolute atomic E-state index is 0.0462. The number of ether oxygens (including phenoxy) is 1. The molecule has 6 nitrogen and oxygen atoms in total. The first kappa shape index (κ1) is 19.0. The minimum atomic E-state index is -0.538. The molecule has 1 heterocycles. The number of para-hydroxylation sites is 1. The molecule has 4 saturated carbocycles. The lowest BCUT2D eigenvalue weighted by molar-refractivity contribution is -0.150. The third kappa shape index (κ3) is 3.89. The van der Waals surface area contributed by atoms with Crippen LogP contribution in [0.15, 0.2) is 29.2 Å². The largest absolute Gasteiger partial charge is 0.456 e. The van der Waals surface area contributed by atoms with Crippen LogP contribution in [0.1, 0.15) is 44.9 Å². The molecule has 1 aromatic carbocycles. The monoisotopic (exact) mass is 414 g/mol. The number of hydrogen-bond donors (Lipinski definition) is 2. The molecule has 0 unspecified atom stereocenters. The van der Waals surface area contributed by atoms with Crippen molar-refractivity contribution in [3.63, 3.8) is 0 Å². The predicted molar refractivity (Wildman–Crippen MR) is 109 cm³/mol. The summed E-state index contributed by atoms with van der Waals surface area (Å²) in [5.41, 5.74) is 0.684. The number of carbonyl (C=O) groups is 3. The summed E-state index contributed by atoms with van der Waals surface area (Å²) >= 11 is 1.36. The summed E-state index contributed by atoms with van der Waals surface area (Å²) in [7, 11) is 0. The average Bonchev–Trinajstić information content (AvgIpc) is 2.65. The molecule has 4 bridgehead atoms. The Morgan fingerprint density at radius 1 is 1.10 bits per heavy atom. The molecule has 1 aliphatic heterocycles. The quantitative estimate of drug-likeness (QED) is 0.723. The van der Waals surface area contributed by atoms with E-state index in [1.165, 1.54) is 31.0 Å². The second kappa shape index (κ2) is 7.35. The number of amides is 2. The average molecular weight is 415 g/mol. The molecular weight excluding hydrogens is 388 g/mol. The zero-order valence-corrected chi connectivity index (χ0v) is 17.1. The Bertz CT molecular complexity index is 820. The van der Waals surface area contributed by atoms with E-state index in [-0.39, 0.29) is 30.4 Å². The molecular formula is C22H26N2O4S. The molecule has 1 atom stereocenters. The van der Waals surface area contributed by atoms with E-state index in [1.54, 1.807) is 0 Å². The Hall–Kier alpha value is -2.02. The van der Waals surface area contributed by atoms with Gasteiger partial charge in [-0.15, -0.1) is 11.8 Å². The Labute approximate surface area is 174 Å². The number of thioether (sulfide) groups is 1. The molecule has 1 aromatic rings. The van der Waals surface area contributed by atoms with Gasteiger partial charge in [-0.3, -0.25) is 14.4 Å². The van der Waals surface area contributed by atoms with Gasteiger partial charge < -0.3 is 15.4 Å². The molecule has 0 aromatic heterocycles. The summed E-state index contributed by atoms with van der Waals surface area (Å²) in [6, 6.07) is 7.50. The van der Waals surface area contributed by atoms with Crippen molar-refractivity contribution in [2.24, 2.45) is 17.8 Å². The summed E-state index contributed by atoms with van der Waals surface area (Å²) in [6.07, 6.45) is 7.09. The Balaban J connectivity index is 1.12. The summed E-state index contributed by atoms with van der Waals surface area (Å²) in [4.78, 5) is 37.9. The SMILES string of the molecule is O=C(COC(=O)C[C@H]1Sc2ccccc2NC1=O)NC12CC3CC(CC(C3)C1)C2. The minimum Gasteiger partial charge on any atom is -0.456 e. The van der Waals surface area contributed by atoms with Gasteiger partial charge in [0.15, 0.2) is 6.61 Å². The maximum atomic E-state index is 12.5. The van der Waals surface area contributed by atoms with Crippen LogP contribution in [0.5, 0.6) is 0 Å². The first-order valence-corrected chi connectivity index (χ1v) is 11.4. The molecule has 154 valence electrons. The van der Waals surface area contributed by atoms with Gasteiger partial charge in [0.2, 0.25) is 5.91 Å². The third-order valence-electron chi connectivity index (χ3n) is 6.87. The van der Waals surface area contributed by atoms with Gasteiger partial charge in [-0.25, -0.2) is 0 Å². The number of nitrogens with one attached hydrogen (secondary N) is 2. The molecule has 2 N–H and O–H groups in total. The normalized spacial score (nSPS) is 34.3. The molecule has 0 saturated heterocycles. The van der Waals surface area contributed by atoms with Crippen LogP contribution in [0.2, 0.25) is 0 Å². The van der Waals surface area contributed by atoms with Crippen LogP contribution in [0, 0.1) is 17.8 Å². The van der Waals surface area contributed by atoms with Crippen LogP contribution in [-0.2, 0) is 19.1 Å². The molecule has 7 heteroatoms. The van der Waals surface area contributed by atoms with E-state index in [4.69, 9.17) is 4.74 Å². The Morgan fingerprint density at radius 2 is 1.76 bits per heavy atom. The van der Waals surface area contributed by atoms with Gasteiger partial charge in [-0.2, -0.15) is 0 Å². The van der Waals surface area contributed by atoms with Crippen molar-refractivity contribution in [1.82, 2.24) is 5.32 Å². The van der Waals surface area contributed by atoms with Crippen molar-refractivity contribution in [3.05, 3.63) is 24.3 Å². The van der Waals surface area contributed by atoms with E-state index < -0.39 is 11.2 Å². The number of fused-ring (bicyclic) bond motifs is 1. The summed E-state index contributed by atoms with van der Waals surface area (Å²) < 4.78 is 5.21. The Kier molecular flexibility index (Phi) is 4.81. The molecule has 6 rings (SSSR count). The van der Waals surface area contributed by atoms with Crippen LogP contribution in [0.25, 0.3) is 0 Å². The molecule has 4 aliphatic carbocycles. The molecule has 5 aliphatic rings.